The fourth-order valence-electron chi connectivity index (χ4n) is 0.305. The predicted molar refractivity (Wildman–Crippen MR) is 26.0 cm³/mol. The van der Waals surface area contributed by atoms with Gasteiger partial charge in [-0.2, -0.15) is 0 Å². The summed E-state index contributed by atoms with van der Waals surface area (Å²) in [6.07, 6.45) is 0.647. The topological polar surface area (TPSA) is 32.3 Å². The van der Waals surface area contributed by atoms with Crippen molar-refractivity contribution in [1.29, 1.82) is 0 Å². The smallest absolute Gasteiger partial charge is 0.854 e. The summed E-state index contributed by atoms with van der Waals surface area (Å²) in [5.74, 6) is 0. The van der Waals surface area contributed by atoms with Crippen LogP contribution in [0.4, 0.5) is 0 Å². The summed E-state index contributed by atoms with van der Waals surface area (Å²) >= 11 is 0. The molecule has 0 aliphatic carbocycles. The molecule has 44 valence electrons. The molecule has 0 N–H and O–H groups in total. The van der Waals surface area contributed by atoms with Crippen LogP contribution in [0.15, 0.2) is 0 Å². The zero-order valence-corrected chi connectivity index (χ0v) is 7.64. The normalized spacial score (nSPS) is 8.25. The van der Waals surface area contributed by atoms with Crippen LogP contribution in [-0.2, 0) is 4.74 Å². The molecule has 0 radical (unpaired) electrons. The summed E-state index contributed by atoms with van der Waals surface area (Å²) in [4.78, 5) is 0. The maximum absolute atomic E-state index is 9.72. The predicted octanol–water partition coefficient (Wildman–Crippen LogP) is -3.22. The standard InChI is InChI=1S/C5H11O2.Na/c1-2-7-5-3-4-6;/h2-5H2,1H3;/q-1;+1. The van der Waals surface area contributed by atoms with Crippen LogP contribution < -0.4 is 34.7 Å². The molecule has 0 spiro atoms. The minimum Gasteiger partial charge on any atom is -0.854 e. The molecular formula is C5H11NaO2. The Kier molecular flexibility index (Phi) is 15.8. The molecule has 8 heavy (non-hydrogen) atoms. The van der Waals surface area contributed by atoms with Crippen molar-refractivity contribution in [2.75, 3.05) is 19.8 Å². The van der Waals surface area contributed by atoms with Crippen molar-refractivity contribution < 1.29 is 39.4 Å². The Morgan fingerprint density at radius 3 is 2.50 bits per heavy atom. The van der Waals surface area contributed by atoms with Gasteiger partial charge in [-0.3, -0.25) is 0 Å². The first-order valence-electron chi connectivity index (χ1n) is 2.57. The third kappa shape index (κ3) is 10.0. The van der Waals surface area contributed by atoms with Gasteiger partial charge < -0.3 is 9.84 Å². The summed E-state index contributed by atoms with van der Waals surface area (Å²) in [6, 6.07) is 0. The van der Waals surface area contributed by atoms with Gasteiger partial charge in [0.25, 0.3) is 0 Å². The average molecular weight is 126 g/mol. The molecule has 0 saturated carbocycles. The Labute approximate surface area is 72.5 Å². The van der Waals surface area contributed by atoms with Gasteiger partial charge in [-0.05, 0) is 13.3 Å². The fraction of sp³-hybridized carbons (Fsp3) is 1.00. The second-order valence-electron chi connectivity index (χ2n) is 1.25. The van der Waals surface area contributed by atoms with Crippen molar-refractivity contribution in [2.45, 2.75) is 13.3 Å². The van der Waals surface area contributed by atoms with E-state index in [9.17, 15) is 5.11 Å². The summed E-state index contributed by atoms with van der Waals surface area (Å²) in [5.41, 5.74) is 0. The third-order valence-corrected chi connectivity index (χ3v) is 0.637. The molecule has 0 saturated heterocycles. The van der Waals surface area contributed by atoms with E-state index in [0.717, 1.165) is 6.61 Å². The summed E-state index contributed by atoms with van der Waals surface area (Å²) in [7, 11) is 0. The monoisotopic (exact) mass is 126 g/mol. The maximum atomic E-state index is 9.72. The van der Waals surface area contributed by atoms with Crippen LogP contribution in [0, 0.1) is 0 Å². The van der Waals surface area contributed by atoms with E-state index < -0.39 is 0 Å². The van der Waals surface area contributed by atoms with E-state index in [4.69, 9.17) is 4.74 Å². The van der Waals surface area contributed by atoms with Crippen LogP contribution in [0.25, 0.3) is 0 Å². The molecule has 0 amide bonds. The molecule has 3 heteroatoms. The van der Waals surface area contributed by atoms with E-state index in [0.29, 0.717) is 13.0 Å². The van der Waals surface area contributed by atoms with Crippen molar-refractivity contribution in [3.63, 3.8) is 0 Å². The molecule has 0 aromatic rings. The van der Waals surface area contributed by atoms with Gasteiger partial charge in [0, 0.05) is 13.2 Å². The Morgan fingerprint density at radius 1 is 1.50 bits per heavy atom. The molecule has 0 aliphatic heterocycles. The Bertz CT molecular complexity index is 29.6. The van der Waals surface area contributed by atoms with E-state index in [1.165, 1.54) is 0 Å². The van der Waals surface area contributed by atoms with Gasteiger partial charge in [0.1, 0.15) is 0 Å². The second-order valence-corrected chi connectivity index (χ2v) is 1.25. The molecule has 0 unspecified atom stereocenters. The molecule has 0 aromatic heterocycles. The molecule has 0 atom stereocenters. The van der Waals surface area contributed by atoms with Crippen LogP contribution in [0.2, 0.25) is 0 Å². The molecule has 2 nitrogen and oxygen atoms in total. The average Bonchev–Trinajstić information content (AvgIpc) is 1.69. The van der Waals surface area contributed by atoms with Crippen LogP contribution in [0.1, 0.15) is 13.3 Å². The van der Waals surface area contributed by atoms with E-state index in [1.807, 2.05) is 6.92 Å². The van der Waals surface area contributed by atoms with Crippen molar-refractivity contribution in [3.05, 3.63) is 0 Å². The van der Waals surface area contributed by atoms with Crippen molar-refractivity contribution in [2.24, 2.45) is 0 Å². The number of rotatable bonds is 4. The molecule has 0 rings (SSSR count). The molecule has 0 fully saturated rings. The van der Waals surface area contributed by atoms with E-state index >= 15 is 0 Å². The minimum absolute atomic E-state index is 0. The van der Waals surface area contributed by atoms with Gasteiger partial charge >= 0.3 is 29.6 Å². The van der Waals surface area contributed by atoms with Crippen LogP contribution in [-0.4, -0.2) is 19.8 Å². The van der Waals surface area contributed by atoms with Gasteiger partial charge in [0.2, 0.25) is 0 Å². The Balaban J connectivity index is 0. The summed E-state index contributed by atoms with van der Waals surface area (Å²) in [5, 5.41) is 9.72. The fourth-order valence-corrected chi connectivity index (χ4v) is 0.305. The molecule has 0 aliphatic rings. The first-order chi connectivity index (χ1) is 3.41. The van der Waals surface area contributed by atoms with Crippen molar-refractivity contribution in [1.82, 2.24) is 0 Å². The number of hydrogen-bond acceptors (Lipinski definition) is 2. The van der Waals surface area contributed by atoms with Crippen LogP contribution >= 0.6 is 0 Å². The van der Waals surface area contributed by atoms with Gasteiger partial charge in [-0.25, -0.2) is 0 Å². The van der Waals surface area contributed by atoms with Crippen LogP contribution in [0.3, 0.4) is 0 Å². The first-order valence-corrected chi connectivity index (χ1v) is 2.57. The zero-order chi connectivity index (χ0) is 5.54. The van der Waals surface area contributed by atoms with Gasteiger partial charge in [0.05, 0.1) is 0 Å². The molecule has 0 heterocycles. The maximum Gasteiger partial charge on any atom is 1.00 e. The van der Waals surface area contributed by atoms with E-state index in [-0.39, 0.29) is 36.2 Å². The molecular weight excluding hydrogens is 115 g/mol. The largest absolute Gasteiger partial charge is 1.00 e. The SMILES string of the molecule is CCOCCC[O-].[Na+]. The molecule has 0 aromatic carbocycles. The Morgan fingerprint density at radius 2 is 2.12 bits per heavy atom. The molecule has 0 bridgehead atoms. The zero-order valence-electron chi connectivity index (χ0n) is 5.64. The number of hydrogen-bond donors (Lipinski definition) is 0. The Hall–Kier alpha value is 0.920. The third-order valence-electron chi connectivity index (χ3n) is 0.637. The summed E-state index contributed by atoms with van der Waals surface area (Å²) in [6.45, 7) is 3.25. The summed E-state index contributed by atoms with van der Waals surface area (Å²) < 4.78 is 4.87. The quantitative estimate of drug-likeness (QED) is 0.293. The van der Waals surface area contributed by atoms with E-state index in [2.05, 4.69) is 0 Å². The van der Waals surface area contributed by atoms with Crippen molar-refractivity contribution >= 4 is 0 Å². The minimum atomic E-state index is -0.0139. The number of ether oxygens (including phenoxy) is 1. The van der Waals surface area contributed by atoms with Gasteiger partial charge in [-0.15, -0.1) is 6.61 Å². The first kappa shape index (κ1) is 11.7. The second kappa shape index (κ2) is 10.8. The van der Waals surface area contributed by atoms with E-state index in [1.54, 1.807) is 0 Å². The van der Waals surface area contributed by atoms with Gasteiger partial charge in [-0.1, -0.05) is 0 Å². The van der Waals surface area contributed by atoms with Crippen LogP contribution in [0.5, 0.6) is 0 Å². The van der Waals surface area contributed by atoms with Gasteiger partial charge in [0.15, 0.2) is 0 Å². The van der Waals surface area contributed by atoms with Crippen molar-refractivity contribution in [3.8, 4) is 0 Å².